The Labute approximate surface area is 106 Å². The van der Waals surface area contributed by atoms with Crippen LogP contribution in [0.2, 0.25) is 0 Å². The van der Waals surface area contributed by atoms with E-state index in [2.05, 4.69) is 17.1 Å². The Kier molecular flexibility index (Phi) is 9.09. The molecule has 0 saturated carbocycles. The lowest BCUT2D eigenvalue weighted by atomic mass is 10.2. The van der Waals surface area contributed by atoms with Crippen LogP contribution in [-0.4, -0.2) is 43.0 Å². The van der Waals surface area contributed by atoms with Gasteiger partial charge in [0.1, 0.15) is 0 Å². The maximum Gasteiger partial charge on any atom is 0.237 e. The molecule has 0 bridgehead atoms. The molecule has 2 atom stereocenters. The van der Waals surface area contributed by atoms with Gasteiger partial charge in [0, 0.05) is 6.04 Å². The van der Waals surface area contributed by atoms with Crippen molar-refractivity contribution in [1.29, 1.82) is 0 Å². The van der Waals surface area contributed by atoms with E-state index in [9.17, 15) is 4.79 Å². The number of rotatable bonds is 9. The lowest BCUT2D eigenvalue weighted by Crippen LogP contribution is -2.46. The number of carbonyl (C=O) groups excluding carboxylic acids is 1. The number of amides is 1. The zero-order valence-corrected chi connectivity index (χ0v) is 11.8. The minimum Gasteiger partial charge on any atom is -0.352 e. The lowest BCUT2D eigenvalue weighted by Gasteiger charge is -2.25. The third kappa shape index (κ3) is 7.34. The van der Waals surface area contributed by atoms with E-state index in [1.165, 1.54) is 0 Å². The SMILES string of the molecule is CCC(C)NC(=O)C(C)N(C)CCCCCN. The normalized spacial score (nSPS) is 14.7. The van der Waals surface area contributed by atoms with E-state index in [4.69, 9.17) is 5.73 Å². The van der Waals surface area contributed by atoms with Gasteiger partial charge in [0.15, 0.2) is 0 Å². The van der Waals surface area contributed by atoms with E-state index in [1.807, 2.05) is 20.9 Å². The van der Waals surface area contributed by atoms with Crippen LogP contribution in [0.5, 0.6) is 0 Å². The summed E-state index contributed by atoms with van der Waals surface area (Å²) in [6.45, 7) is 7.78. The fourth-order valence-corrected chi connectivity index (χ4v) is 1.54. The molecule has 0 spiro atoms. The Bertz CT molecular complexity index is 209. The van der Waals surface area contributed by atoms with Crippen molar-refractivity contribution in [3.05, 3.63) is 0 Å². The fourth-order valence-electron chi connectivity index (χ4n) is 1.54. The van der Waals surface area contributed by atoms with Crippen molar-refractivity contribution in [3.63, 3.8) is 0 Å². The van der Waals surface area contributed by atoms with Crippen molar-refractivity contribution in [3.8, 4) is 0 Å². The van der Waals surface area contributed by atoms with Gasteiger partial charge in [0.2, 0.25) is 5.91 Å². The highest BCUT2D eigenvalue weighted by atomic mass is 16.2. The number of hydrogen-bond donors (Lipinski definition) is 2. The quantitative estimate of drug-likeness (QED) is 0.601. The molecule has 0 fully saturated rings. The molecular formula is C13H29N3O. The molecule has 0 aromatic carbocycles. The second-order valence-corrected chi connectivity index (χ2v) is 4.82. The summed E-state index contributed by atoms with van der Waals surface area (Å²) in [6.07, 6.45) is 4.29. The highest BCUT2D eigenvalue weighted by Crippen LogP contribution is 2.02. The summed E-state index contributed by atoms with van der Waals surface area (Å²) in [4.78, 5) is 14.0. The lowest BCUT2D eigenvalue weighted by molar-refractivity contribution is -0.126. The Morgan fingerprint density at radius 1 is 1.29 bits per heavy atom. The van der Waals surface area contributed by atoms with Gasteiger partial charge in [-0.3, -0.25) is 9.69 Å². The molecule has 0 aromatic heterocycles. The van der Waals surface area contributed by atoms with E-state index in [0.29, 0.717) is 0 Å². The summed E-state index contributed by atoms with van der Waals surface area (Å²) in [6, 6.07) is 0.206. The van der Waals surface area contributed by atoms with Gasteiger partial charge in [0.25, 0.3) is 0 Å². The predicted molar refractivity (Wildman–Crippen MR) is 72.9 cm³/mol. The van der Waals surface area contributed by atoms with Gasteiger partial charge in [-0.2, -0.15) is 0 Å². The van der Waals surface area contributed by atoms with Crippen molar-refractivity contribution < 1.29 is 4.79 Å². The third-order valence-corrected chi connectivity index (χ3v) is 3.26. The highest BCUT2D eigenvalue weighted by Gasteiger charge is 2.18. The van der Waals surface area contributed by atoms with Crippen molar-refractivity contribution in [2.45, 2.75) is 58.5 Å². The Morgan fingerprint density at radius 3 is 2.47 bits per heavy atom. The molecule has 102 valence electrons. The molecular weight excluding hydrogens is 214 g/mol. The van der Waals surface area contributed by atoms with Gasteiger partial charge in [-0.15, -0.1) is 0 Å². The minimum atomic E-state index is -0.0538. The predicted octanol–water partition coefficient (Wildman–Crippen LogP) is 1.35. The molecule has 0 aliphatic carbocycles. The van der Waals surface area contributed by atoms with Crippen LogP contribution in [0.3, 0.4) is 0 Å². The molecule has 0 aromatic rings. The van der Waals surface area contributed by atoms with Gasteiger partial charge in [0.05, 0.1) is 6.04 Å². The minimum absolute atomic E-state index is 0.0538. The summed E-state index contributed by atoms with van der Waals surface area (Å²) >= 11 is 0. The van der Waals surface area contributed by atoms with Crippen molar-refractivity contribution in [2.24, 2.45) is 5.73 Å². The topological polar surface area (TPSA) is 58.4 Å². The van der Waals surface area contributed by atoms with Crippen LogP contribution in [-0.2, 0) is 4.79 Å². The molecule has 0 radical (unpaired) electrons. The summed E-state index contributed by atoms with van der Waals surface area (Å²) < 4.78 is 0. The molecule has 0 saturated heterocycles. The van der Waals surface area contributed by atoms with Crippen molar-refractivity contribution in [1.82, 2.24) is 10.2 Å². The first-order valence-electron chi connectivity index (χ1n) is 6.73. The molecule has 0 aliphatic heterocycles. The van der Waals surface area contributed by atoms with E-state index < -0.39 is 0 Å². The number of nitrogens with zero attached hydrogens (tertiary/aromatic N) is 1. The smallest absolute Gasteiger partial charge is 0.237 e. The summed E-state index contributed by atoms with van der Waals surface area (Å²) in [5.74, 6) is 0.126. The van der Waals surface area contributed by atoms with Crippen LogP contribution in [0, 0.1) is 0 Å². The molecule has 0 rings (SSSR count). The number of likely N-dealkylation sites (N-methyl/N-ethyl adjacent to an activating group) is 1. The number of nitrogens with two attached hydrogens (primary N) is 1. The van der Waals surface area contributed by atoms with Gasteiger partial charge < -0.3 is 11.1 Å². The van der Waals surface area contributed by atoms with Gasteiger partial charge in [-0.1, -0.05) is 13.3 Å². The first kappa shape index (κ1) is 16.4. The van der Waals surface area contributed by atoms with Crippen LogP contribution >= 0.6 is 0 Å². The summed E-state index contributed by atoms with van der Waals surface area (Å²) in [5, 5.41) is 3.01. The third-order valence-electron chi connectivity index (χ3n) is 3.26. The number of carbonyl (C=O) groups is 1. The molecule has 0 heterocycles. The van der Waals surface area contributed by atoms with Crippen LogP contribution in [0.25, 0.3) is 0 Å². The average molecular weight is 243 g/mol. The maximum absolute atomic E-state index is 11.9. The van der Waals surface area contributed by atoms with E-state index in [0.717, 1.165) is 38.8 Å². The van der Waals surface area contributed by atoms with Crippen LogP contribution < -0.4 is 11.1 Å². The number of nitrogens with one attached hydrogen (secondary N) is 1. The van der Waals surface area contributed by atoms with Gasteiger partial charge >= 0.3 is 0 Å². The molecule has 17 heavy (non-hydrogen) atoms. The van der Waals surface area contributed by atoms with E-state index in [1.54, 1.807) is 0 Å². The largest absolute Gasteiger partial charge is 0.352 e. The number of unbranched alkanes of at least 4 members (excludes halogenated alkanes) is 2. The van der Waals surface area contributed by atoms with Crippen LogP contribution in [0.4, 0.5) is 0 Å². The Balaban J connectivity index is 3.86. The zero-order chi connectivity index (χ0) is 13.3. The fraction of sp³-hybridized carbons (Fsp3) is 0.923. The van der Waals surface area contributed by atoms with Gasteiger partial charge in [-0.25, -0.2) is 0 Å². The zero-order valence-electron chi connectivity index (χ0n) is 11.8. The Morgan fingerprint density at radius 2 is 1.94 bits per heavy atom. The maximum atomic E-state index is 11.9. The van der Waals surface area contributed by atoms with Crippen LogP contribution in [0.1, 0.15) is 46.5 Å². The summed E-state index contributed by atoms with van der Waals surface area (Å²) in [5.41, 5.74) is 5.45. The van der Waals surface area contributed by atoms with Crippen molar-refractivity contribution >= 4 is 5.91 Å². The first-order valence-corrected chi connectivity index (χ1v) is 6.73. The second-order valence-electron chi connectivity index (χ2n) is 4.82. The highest BCUT2D eigenvalue weighted by molar-refractivity contribution is 5.81. The van der Waals surface area contributed by atoms with E-state index >= 15 is 0 Å². The molecule has 2 unspecified atom stereocenters. The van der Waals surface area contributed by atoms with Crippen LogP contribution in [0.15, 0.2) is 0 Å². The molecule has 1 amide bonds. The summed E-state index contributed by atoms with van der Waals surface area (Å²) in [7, 11) is 2.00. The van der Waals surface area contributed by atoms with Crippen molar-refractivity contribution in [2.75, 3.05) is 20.1 Å². The number of hydrogen-bond acceptors (Lipinski definition) is 3. The first-order chi connectivity index (χ1) is 8.02. The molecule has 3 N–H and O–H groups in total. The standard InChI is InChI=1S/C13H29N3O/c1-5-11(2)15-13(17)12(3)16(4)10-8-6-7-9-14/h11-12H,5-10,14H2,1-4H3,(H,15,17). The Hall–Kier alpha value is -0.610. The van der Waals surface area contributed by atoms with E-state index in [-0.39, 0.29) is 18.0 Å². The van der Waals surface area contributed by atoms with Gasteiger partial charge in [-0.05, 0) is 53.2 Å². The average Bonchev–Trinajstić information content (AvgIpc) is 2.33. The monoisotopic (exact) mass is 243 g/mol. The molecule has 4 nitrogen and oxygen atoms in total. The second kappa shape index (κ2) is 9.42. The molecule has 4 heteroatoms. The molecule has 0 aliphatic rings.